The summed E-state index contributed by atoms with van der Waals surface area (Å²) in [5.74, 6) is -0.390. The Kier molecular flexibility index (Phi) is 2.48. The normalized spacial score (nSPS) is 12.7. The van der Waals surface area contributed by atoms with Gasteiger partial charge in [0.2, 0.25) is 0 Å². The van der Waals surface area contributed by atoms with Crippen molar-refractivity contribution in [3.63, 3.8) is 0 Å². The van der Waals surface area contributed by atoms with Crippen molar-refractivity contribution in [3.8, 4) is 0 Å². The zero-order valence-electron chi connectivity index (χ0n) is 10.0. The van der Waals surface area contributed by atoms with Crippen LogP contribution in [0.4, 0.5) is 0 Å². The van der Waals surface area contributed by atoms with Crippen molar-refractivity contribution in [3.05, 3.63) is 42.4 Å². The second-order valence-electron chi connectivity index (χ2n) is 4.06. The summed E-state index contributed by atoms with van der Waals surface area (Å²) in [5, 5.41) is 21.1. The Morgan fingerprint density at radius 3 is 2.89 bits per heavy atom. The van der Waals surface area contributed by atoms with Crippen molar-refractivity contribution in [2.75, 3.05) is 0 Å². The van der Waals surface area contributed by atoms with Gasteiger partial charge in [0.15, 0.2) is 11.5 Å². The summed E-state index contributed by atoms with van der Waals surface area (Å²) in [6.07, 6.45) is 4.51. The van der Waals surface area contributed by atoms with Crippen LogP contribution in [0.2, 0.25) is 0 Å². The van der Waals surface area contributed by atoms with Gasteiger partial charge in [0.05, 0.1) is 5.56 Å². The molecule has 0 aliphatic rings. The van der Waals surface area contributed by atoms with Crippen LogP contribution in [0.1, 0.15) is 29.1 Å². The van der Waals surface area contributed by atoms with E-state index in [1.54, 1.807) is 21.5 Å². The summed E-state index contributed by atoms with van der Waals surface area (Å²) in [7, 11) is 0. The molecule has 0 aliphatic heterocycles. The average Bonchev–Trinajstić information content (AvgIpc) is 3.06. The molecule has 8 heteroatoms. The van der Waals surface area contributed by atoms with Gasteiger partial charge in [-0.3, -0.25) is 4.40 Å². The van der Waals surface area contributed by atoms with Crippen LogP contribution in [0.15, 0.2) is 31.0 Å². The van der Waals surface area contributed by atoms with Crippen LogP contribution in [0.3, 0.4) is 0 Å². The Bertz CT molecular complexity index is 733. The van der Waals surface area contributed by atoms with Gasteiger partial charge in [-0.25, -0.2) is 14.5 Å². The molecule has 0 bridgehead atoms. The molecule has 0 saturated heterocycles. The number of carbonyl (C=O) groups is 1. The molecule has 0 fully saturated rings. The molecule has 0 saturated carbocycles. The van der Waals surface area contributed by atoms with Crippen LogP contribution in [-0.4, -0.2) is 40.4 Å². The molecule has 1 unspecified atom stereocenters. The molecule has 0 radical (unpaired) electrons. The SMILES string of the molecule is CC(c1nnc2ccc(C(=O)O)cn12)n1cncn1. The number of fused-ring (bicyclic) bond motifs is 1. The molecule has 0 spiro atoms. The van der Waals surface area contributed by atoms with Crippen LogP contribution in [0.25, 0.3) is 5.65 Å². The minimum atomic E-state index is -0.991. The van der Waals surface area contributed by atoms with Crippen LogP contribution in [0.5, 0.6) is 0 Å². The molecule has 0 aliphatic carbocycles. The van der Waals surface area contributed by atoms with Gasteiger partial charge in [-0.1, -0.05) is 0 Å². The number of hydrogen-bond acceptors (Lipinski definition) is 5. The highest BCUT2D eigenvalue weighted by molar-refractivity contribution is 5.87. The smallest absolute Gasteiger partial charge is 0.337 e. The van der Waals surface area contributed by atoms with Gasteiger partial charge in [0.1, 0.15) is 18.7 Å². The molecule has 3 heterocycles. The number of nitrogens with zero attached hydrogens (tertiary/aromatic N) is 6. The van der Waals surface area contributed by atoms with Gasteiger partial charge in [-0.15, -0.1) is 10.2 Å². The van der Waals surface area contributed by atoms with E-state index in [2.05, 4.69) is 20.3 Å². The third kappa shape index (κ3) is 1.82. The van der Waals surface area contributed by atoms with Crippen LogP contribution in [-0.2, 0) is 0 Å². The minimum absolute atomic E-state index is 0.180. The molecule has 3 rings (SSSR count). The third-order valence-electron chi connectivity index (χ3n) is 2.88. The topological polar surface area (TPSA) is 98.2 Å². The first-order chi connectivity index (χ1) is 9.16. The summed E-state index contributed by atoms with van der Waals surface area (Å²) < 4.78 is 3.28. The van der Waals surface area contributed by atoms with E-state index >= 15 is 0 Å². The van der Waals surface area contributed by atoms with Gasteiger partial charge in [-0.05, 0) is 19.1 Å². The van der Waals surface area contributed by atoms with E-state index in [9.17, 15) is 4.79 Å². The predicted molar refractivity (Wildman–Crippen MR) is 63.8 cm³/mol. The van der Waals surface area contributed by atoms with E-state index in [4.69, 9.17) is 5.11 Å². The summed E-state index contributed by atoms with van der Waals surface area (Å²) in [5.41, 5.74) is 0.770. The lowest BCUT2D eigenvalue weighted by atomic mass is 10.2. The van der Waals surface area contributed by atoms with Crippen molar-refractivity contribution in [1.29, 1.82) is 0 Å². The molecule has 19 heavy (non-hydrogen) atoms. The number of hydrogen-bond donors (Lipinski definition) is 1. The Hall–Kier alpha value is -2.77. The molecule has 1 N–H and O–H groups in total. The Morgan fingerprint density at radius 1 is 1.37 bits per heavy atom. The monoisotopic (exact) mass is 258 g/mol. The summed E-state index contributed by atoms with van der Waals surface area (Å²) in [6.45, 7) is 1.89. The fourth-order valence-corrected chi connectivity index (χ4v) is 1.86. The van der Waals surface area contributed by atoms with E-state index in [1.165, 1.54) is 18.6 Å². The van der Waals surface area contributed by atoms with Gasteiger partial charge >= 0.3 is 5.97 Å². The minimum Gasteiger partial charge on any atom is -0.478 e. The summed E-state index contributed by atoms with van der Waals surface area (Å²) >= 11 is 0. The fraction of sp³-hybridized carbons (Fsp3) is 0.182. The van der Waals surface area contributed by atoms with Crippen LogP contribution in [0, 0.1) is 0 Å². The van der Waals surface area contributed by atoms with E-state index in [1.807, 2.05) is 6.92 Å². The molecule has 3 aromatic rings. The van der Waals surface area contributed by atoms with E-state index in [0.29, 0.717) is 11.5 Å². The number of carboxylic acids is 1. The van der Waals surface area contributed by atoms with Crippen molar-refractivity contribution < 1.29 is 9.90 Å². The third-order valence-corrected chi connectivity index (χ3v) is 2.88. The average molecular weight is 258 g/mol. The number of aromatic carboxylic acids is 1. The van der Waals surface area contributed by atoms with Gasteiger partial charge in [0.25, 0.3) is 0 Å². The Balaban J connectivity index is 2.13. The highest BCUT2D eigenvalue weighted by Crippen LogP contribution is 2.16. The quantitative estimate of drug-likeness (QED) is 0.739. The number of rotatable bonds is 3. The van der Waals surface area contributed by atoms with Crippen molar-refractivity contribution >= 4 is 11.6 Å². The first-order valence-corrected chi connectivity index (χ1v) is 5.59. The maximum Gasteiger partial charge on any atom is 0.337 e. The first kappa shape index (κ1) is 11.3. The second-order valence-corrected chi connectivity index (χ2v) is 4.06. The Labute approximate surface area is 107 Å². The van der Waals surface area contributed by atoms with Gasteiger partial charge in [0, 0.05) is 6.20 Å². The molecule has 96 valence electrons. The molecule has 0 aromatic carbocycles. The highest BCUT2D eigenvalue weighted by atomic mass is 16.4. The summed E-state index contributed by atoms with van der Waals surface area (Å²) in [4.78, 5) is 14.9. The van der Waals surface area contributed by atoms with Crippen molar-refractivity contribution in [1.82, 2.24) is 29.4 Å². The van der Waals surface area contributed by atoms with E-state index in [0.717, 1.165) is 0 Å². The zero-order valence-corrected chi connectivity index (χ0v) is 10.0. The number of aromatic nitrogens is 6. The largest absolute Gasteiger partial charge is 0.478 e. The maximum atomic E-state index is 11.0. The summed E-state index contributed by atoms with van der Waals surface area (Å²) in [6, 6.07) is 2.92. The fourth-order valence-electron chi connectivity index (χ4n) is 1.86. The predicted octanol–water partition coefficient (Wildman–Crippen LogP) is 0.628. The van der Waals surface area contributed by atoms with Crippen molar-refractivity contribution in [2.24, 2.45) is 0 Å². The molecule has 8 nitrogen and oxygen atoms in total. The molecule has 0 amide bonds. The zero-order chi connectivity index (χ0) is 13.4. The lowest BCUT2D eigenvalue weighted by molar-refractivity contribution is 0.0696. The van der Waals surface area contributed by atoms with E-state index < -0.39 is 5.97 Å². The maximum absolute atomic E-state index is 11.0. The molecule has 1 atom stereocenters. The van der Waals surface area contributed by atoms with Crippen molar-refractivity contribution in [2.45, 2.75) is 13.0 Å². The van der Waals surface area contributed by atoms with Gasteiger partial charge < -0.3 is 5.11 Å². The highest BCUT2D eigenvalue weighted by Gasteiger charge is 2.16. The van der Waals surface area contributed by atoms with E-state index in [-0.39, 0.29) is 11.6 Å². The molecular weight excluding hydrogens is 248 g/mol. The first-order valence-electron chi connectivity index (χ1n) is 5.59. The van der Waals surface area contributed by atoms with Crippen LogP contribution < -0.4 is 0 Å². The number of pyridine rings is 1. The molecule has 3 aromatic heterocycles. The lowest BCUT2D eigenvalue weighted by Crippen LogP contribution is -2.11. The standard InChI is InChI=1S/C11H10N6O2/c1-7(17-6-12-5-13-17)10-15-14-9-3-2-8(11(18)19)4-16(9)10/h2-7H,1H3,(H,18,19). The van der Waals surface area contributed by atoms with Crippen LogP contribution >= 0.6 is 0 Å². The Morgan fingerprint density at radius 2 is 2.21 bits per heavy atom. The van der Waals surface area contributed by atoms with Gasteiger partial charge in [-0.2, -0.15) is 5.10 Å². The lowest BCUT2D eigenvalue weighted by Gasteiger charge is -2.09. The number of carboxylic acid groups (broad SMARTS) is 1. The molecular formula is C11H10N6O2. The second kappa shape index (κ2) is 4.16.